The van der Waals surface area contributed by atoms with Crippen LogP contribution < -0.4 is 4.74 Å². The highest BCUT2D eigenvalue weighted by atomic mass is 19.4. The SMILES string of the molecule is CC(c1ccc2c(C(F)(F)F)c(OCC3CCC(C(F)(F)F)CC3)ccc2n1)N1C2CCC1CC(C(=O)O)C2. The van der Waals surface area contributed by atoms with Crippen LogP contribution >= 0.6 is 0 Å². The van der Waals surface area contributed by atoms with Gasteiger partial charge >= 0.3 is 18.3 Å². The van der Waals surface area contributed by atoms with Crippen molar-refractivity contribution in [1.29, 1.82) is 0 Å². The molecule has 3 aliphatic rings. The molecule has 5 rings (SSSR count). The Balaban J connectivity index is 1.34. The monoisotopic (exact) mass is 558 g/mol. The molecule has 0 amide bonds. The summed E-state index contributed by atoms with van der Waals surface area (Å²) in [5.74, 6) is -3.09. The summed E-state index contributed by atoms with van der Waals surface area (Å²) in [6, 6.07) is 5.75. The fourth-order valence-electron chi connectivity index (χ4n) is 6.91. The third-order valence-corrected chi connectivity index (χ3v) is 8.94. The number of benzene rings is 1. The maximum absolute atomic E-state index is 14.2. The Bertz CT molecular complexity index is 1190. The number of piperidine rings is 1. The Kier molecular flexibility index (Phi) is 7.50. The number of ether oxygens (including phenoxy) is 1. The Hall–Kier alpha value is -2.56. The molecule has 1 aliphatic carbocycles. The van der Waals surface area contributed by atoms with Crippen molar-refractivity contribution >= 4 is 16.9 Å². The molecule has 5 nitrogen and oxygen atoms in total. The van der Waals surface area contributed by atoms with Crippen molar-refractivity contribution in [2.75, 3.05) is 6.61 Å². The van der Waals surface area contributed by atoms with Crippen LogP contribution in [-0.4, -0.2) is 45.8 Å². The van der Waals surface area contributed by atoms with Crippen molar-refractivity contribution in [3.63, 3.8) is 0 Å². The average Bonchev–Trinajstić information content (AvgIpc) is 3.13. The predicted octanol–water partition coefficient (Wildman–Crippen LogP) is 7.39. The maximum Gasteiger partial charge on any atom is 0.420 e. The largest absolute Gasteiger partial charge is 0.493 e. The van der Waals surface area contributed by atoms with Gasteiger partial charge in [-0.2, -0.15) is 26.3 Å². The molecule has 1 aromatic heterocycles. The van der Waals surface area contributed by atoms with E-state index in [1.165, 1.54) is 18.2 Å². The summed E-state index contributed by atoms with van der Waals surface area (Å²) in [6.45, 7) is 1.88. The molecule has 39 heavy (non-hydrogen) atoms. The molecule has 11 heteroatoms. The second kappa shape index (κ2) is 10.4. The lowest BCUT2D eigenvalue weighted by atomic mass is 9.82. The minimum absolute atomic E-state index is 0.0397. The van der Waals surface area contributed by atoms with Gasteiger partial charge < -0.3 is 9.84 Å². The predicted molar refractivity (Wildman–Crippen MR) is 131 cm³/mol. The van der Waals surface area contributed by atoms with Crippen molar-refractivity contribution in [2.24, 2.45) is 17.8 Å². The van der Waals surface area contributed by atoms with Gasteiger partial charge in [0.05, 0.1) is 29.7 Å². The zero-order valence-electron chi connectivity index (χ0n) is 21.6. The lowest BCUT2D eigenvalue weighted by Gasteiger charge is -2.41. The number of rotatable bonds is 6. The minimum atomic E-state index is -4.71. The molecular formula is C28H32F6N2O3. The lowest BCUT2D eigenvalue weighted by molar-refractivity contribution is -0.184. The summed E-state index contributed by atoms with van der Waals surface area (Å²) in [5.41, 5.74) is -0.133. The number of aliphatic carboxylic acids is 1. The fourth-order valence-corrected chi connectivity index (χ4v) is 6.91. The Labute approximate surface area is 222 Å². The molecule has 3 fully saturated rings. The average molecular weight is 559 g/mol. The standard InChI is InChI=1S/C28H32F6N2O3/c1-15(36-19-6-7-20(36)13-17(12-19)26(37)38)22-9-8-21-23(35-22)10-11-24(25(21)28(32,33)34)39-14-16-2-4-18(5-3-16)27(29,30)31/h8-11,15-20H,2-7,12-14H2,1H3,(H,37,38). The number of carbonyl (C=O) groups is 1. The van der Waals surface area contributed by atoms with Crippen LogP contribution in [0.4, 0.5) is 26.3 Å². The van der Waals surface area contributed by atoms with E-state index in [1.807, 2.05) is 6.92 Å². The molecular weight excluding hydrogens is 526 g/mol. The van der Waals surface area contributed by atoms with Crippen LogP contribution in [0, 0.1) is 17.8 Å². The van der Waals surface area contributed by atoms with Crippen molar-refractivity contribution in [3.05, 3.63) is 35.5 Å². The van der Waals surface area contributed by atoms with Crippen LogP contribution in [0.25, 0.3) is 10.9 Å². The summed E-state index contributed by atoms with van der Waals surface area (Å²) in [6.07, 6.45) is -5.63. The Morgan fingerprint density at radius 3 is 2.21 bits per heavy atom. The quantitative estimate of drug-likeness (QED) is 0.375. The number of aromatic nitrogens is 1. The lowest BCUT2D eigenvalue weighted by Crippen LogP contribution is -2.45. The van der Waals surface area contributed by atoms with Gasteiger partial charge in [-0.25, -0.2) is 0 Å². The second-order valence-electron chi connectivity index (χ2n) is 11.3. The second-order valence-corrected chi connectivity index (χ2v) is 11.3. The third-order valence-electron chi connectivity index (χ3n) is 8.94. The number of alkyl halides is 6. The summed E-state index contributed by atoms with van der Waals surface area (Å²) < 4.78 is 87.0. The highest BCUT2D eigenvalue weighted by molar-refractivity contribution is 5.85. The first-order valence-corrected chi connectivity index (χ1v) is 13.5. The van der Waals surface area contributed by atoms with Crippen molar-refractivity contribution < 1.29 is 41.0 Å². The topological polar surface area (TPSA) is 62.7 Å². The molecule has 1 N–H and O–H groups in total. The minimum Gasteiger partial charge on any atom is -0.493 e. The molecule has 2 bridgehead atoms. The zero-order chi connectivity index (χ0) is 28.1. The van der Waals surface area contributed by atoms with Gasteiger partial charge in [-0.05, 0) is 82.4 Å². The van der Waals surface area contributed by atoms with Gasteiger partial charge in [0, 0.05) is 23.5 Å². The summed E-state index contributed by atoms with van der Waals surface area (Å²) >= 11 is 0. The van der Waals surface area contributed by atoms with E-state index in [0.29, 0.717) is 18.5 Å². The van der Waals surface area contributed by atoms with Crippen LogP contribution in [0.3, 0.4) is 0 Å². The molecule has 2 saturated heterocycles. The third kappa shape index (κ3) is 5.69. The molecule has 214 valence electrons. The van der Waals surface area contributed by atoms with E-state index in [-0.39, 0.29) is 78.9 Å². The molecule has 2 aromatic rings. The number of fused-ring (bicyclic) bond motifs is 3. The van der Waals surface area contributed by atoms with Gasteiger partial charge in [-0.1, -0.05) is 6.07 Å². The van der Waals surface area contributed by atoms with Crippen LogP contribution in [0.1, 0.15) is 75.6 Å². The number of carboxylic acids is 1. The van der Waals surface area contributed by atoms with E-state index in [9.17, 15) is 36.2 Å². The summed E-state index contributed by atoms with van der Waals surface area (Å²) in [4.78, 5) is 18.4. The summed E-state index contributed by atoms with van der Waals surface area (Å²) in [5, 5.41) is 9.36. The molecule has 3 atom stereocenters. The molecule has 3 heterocycles. The van der Waals surface area contributed by atoms with Crippen molar-refractivity contribution in [3.8, 4) is 5.75 Å². The van der Waals surface area contributed by atoms with Crippen LogP contribution in [0.15, 0.2) is 24.3 Å². The first kappa shape index (κ1) is 28.0. The first-order valence-electron chi connectivity index (χ1n) is 13.5. The Morgan fingerprint density at radius 1 is 1.00 bits per heavy atom. The number of nitrogens with zero attached hydrogens (tertiary/aromatic N) is 2. The number of carboxylic acid groups (broad SMARTS) is 1. The molecule has 1 aromatic carbocycles. The van der Waals surface area contributed by atoms with E-state index in [2.05, 4.69) is 9.88 Å². The van der Waals surface area contributed by atoms with Crippen LogP contribution in [-0.2, 0) is 11.0 Å². The van der Waals surface area contributed by atoms with E-state index < -0.39 is 29.8 Å². The number of hydrogen-bond donors (Lipinski definition) is 1. The first-order chi connectivity index (χ1) is 18.3. The van der Waals surface area contributed by atoms with E-state index in [4.69, 9.17) is 4.74 Å². The highest BCUT2D eigenvalue weighted by Crippen LogP contribution is 2.45. The molecule has 1 saturated carbocycles. The highest BCUT2D eigenvalue weighted by Gasteiger charge is 2.46. The molecule has 0 spiro atoms. The normalized spacial score (nSPS) is 28.9. The van der Waals surface area contributed by atoms with E-state index in [1.54, 1.807) is 6.07 Å². The fraction of sp³-hybridized carbons (Fsp3) is 0.643. The van der Waals surface area contributed by atoms with Gasteiger partial charge in [-0.3, -0.25) is 14.7 Å². The maximum atomic E-state index is 14.2. The van der Waals surface area contributed by atoms with Gasteiger partial charge in [0.1, 0.15) is 11.3 Å². The number of hydrogen-bond acceptors (Lipinski definition) is 4. The molecule has 0 radical (unpaired) electrons. The summed E-state index contributed by atoms with van der Waals surface area (Å²) in [7, 11) is 0. The zero-order valence-corrected chi connectivity index (χ0v) is 21.6. The van der Waals surface area contributed by atoms with Crippen LogP contribution in [0.5, 0.6) is 5.75 Å². The van der Waals surface area contributed by atoms with Crippen molar-refractivity contribution in [1.82, 2.24) is 9.88 Å². The van der Waals surface area contributed by atoms with E-state index in [0.717, 1.165) is 12.8 Å². The van der Waals surface area contributed by atoms with Crippen LogP contribution in [0.2, 0.25) is 0 Å². The smallest absolute Gasteiger partial charge is 0.420 e. The van der Waals surface area contributed by atoms with Gasteiger partial charge in [-0.15, -0.1) is 0 Å². The molecule has 3 unspecified atom stereocenters. The molecule has 2 aliphatic heterocycles. The van der Waals surface area contributed by atoms with Gasteiger partial charge in [0.2, 0.25) is 0 Å². The number of halogens is 6. The van der Waals surface area contributed by atoms with Gasteiger partial charge in [0.25, 0.3) is 0 Å². The van der Waals surface area contributed by atoms with Gasteiger partial charge in [0.15, 0.2) is 0 Å². The van der Waals surface area contributed by atoms with E-state index >= 15 is 0 Å². The Morgan fingerprint density at radius 2 is 1.64 bits per heavy atom. The van der Waals surface area contributed by atoms with Crippen molar-refractivity contribution in [2.45, 2.75) is 88.8 Å². The number of pyridine rings is 1.